The molecule has 0 atom stereocenters. The fraction of sp³-hybridized carbons (Fsp3) is 0.483. The van der Waals surface area contributed by atoms with E-state index < -0.39 is 59.8 Å². The molecule has 3 aromatic rings. The van der Waals surface area contributed by atoms with Crippen molar-refractivity contribution in [2.75, 3.05) is 51.0 Å². The third kappa shape index (κ3) is 20.5. The maximum absolute atomic E-state index is 13.4. The van der Waals surface area contributed by atoms with Gasteiger partial charge < -0.3 is 45.7 Å². The number of anilines is 3. The van der Waals surface area contributed by atoms with E-state index in [4.69, 9.17) is 29.8 Å². The number of nitrogens with one attached hydrogen (secondary N) is 3. The normalized spacial score (nSPS) is 20.3. The molecule has 6 rings (SSSR count). The van der Waals surface area contributed by atoms with Gasteiger partial charge in [-0.3, -0.25) is 19.2 Å². The van der Waals surface area contributed by atoms with Gasteiger partial charge in [-0.25, -0.2) is 36.3 Å². The van der Waals surface area contributed by atoms with Crippen molar-refractivity contribution in [1.82, 2.24) is 15.0 Å². The molecule has 0 bridgehead atoms. The lowest BCUT2D eigenvalue weighted by atomic mass is 9.79. The Morgan fingerprint density at radius 3 is 1.30 bits per heavy atom. The van der Waals surface area contributed by atoms with Gasteiger partial charge >= 0.3 is 0 Å². The van der Waals surface area contributed by atoms with E-state index in [0.29, 0.717) is 104 Å². The Kier molecular flexibility index (Phi) is 25.4. The number of nitrogens with zero attached hydrogens (tertiary/aromatic N) is 3. The number of aliphatic hydroxyl groups is 1. The quantitative estimate of drug-likeness (QED) is 0.0496. The number of ether oxygens (including phenoxy) is 4. The molecule has 0 spiro atoms. The number of allylic oxidation sites excluding steroid dienone is 3. The van der Waals surface area contributed by atoms with Gasteiger partial charge in [-0.2, -0.15) is 4.98 Å². The van der Waals surface area contributed by atoms with Crippen LogP contribution in [0.25, 0.3) is 18.2 Å². The van der Waals surface area contributed by atoms with Crippen LogP contribution in [0, 0.1) is 35.5 Å². The topological polar surface area (TPSA) is 226 Å². The molecule has 448 valence electrons. The second-order valence-electron chi connectivity index (χ2n) is 20.7. The number of halogens is 6. The minimum absolute atomic E-state index is 0.0485. The smallest absolute Gasteiger partial charge is 0.269 e. The zero-order valence-electron chi connectivity index (χ0n) is 47.6. The van der Waals surface area contributed by atoms with Crippen LogP contribution >= 0.6 is 0 Å². The summed E-state index contributed by atoms with van der Waals surface area (Å²) in [6.07, 6.45) is 22.2. The van der Waals surface area contributed by atoms with Gasteiger partial charge in [0, 0.05) is 40.0 Å². The standard InChI is InChI=1S/C20H25F2N3O3.2C20H26F2N2O3/c1-4-16(26)24-15-11-13(19(28-3)25-17(15)18(23)27)8-5-12-6-9-14(10-7-12)20(2,21)22;1-13(12-25)18(26)24-17-10-15(19(27-3)23-11-17)7-4-14-5-8-16(9-6-14)20(2,21)22;1-5-17(25)23-16-12-14(18(26-3)24-19(16)27-4)9-6-13-7-10-15(11-8-13)20(2,21)22/h4-5,8,11-12,14H,1,6-7,9-10H2,2-3H3,(H2,23,27)(H,24,26);4,7,10-11,14,16,25H,1,5-6,8-9,12H2,2-3H3,(H,24,26);5-6,9,12-13,15H,1,7-8,10-11H2,2-4H3,(H,23,25)/b8-5+;7-4+;9-6+. The third-order valence-corrected chi connectivity index (χ3v) is 14.6. The molecular formula is C60H77F6N7O9. The summed E-state index contributed by atoms with van der Waals surface area (Å²) < 4.78 is 102. The predicted molar refractivity (Wildman–Crippen MR) is 305 cm³/mol. The third-order valence-electron chi connectivity index (χ3n) is 14.6. The van der Waals surface area contributed by atoms with Crippen molar-refractivity contribution in [1.29, 1.82) is 0 Å². The van der Waals surface area contributed by atoms with Gasteiger partial charge in [-0.05, 0) is 146 Å². The first-order chi connectivity index (χ1) is 38.7. The first kappa shape index (κ1) is 67.0. The second kappa shape index (κ2) is 31.1. The summed E-state index contributed by atoms with van der Waals surface area (Å²) in [7, 11) is 5.85. The van der Waals surface area contributed by atoms with E-state index in [9.17, 15) is 45.5 Å². The number of hydrogen-bond acceptors (Lipinski definition) is 12. The predicted octanol–water partition coefficient (Wildman–Crippen LogP) is 12.5. The number of nitrogens with two attached hydrogens (primary N) is 1. The second-order valence-corrected chi connectivity index (χ2v) is 20.7. The van der Waals surface area contributed by atoms with Crippen LogP contribution in [0.15, 0.2) is 80.1 Å². The van der Waals surface area contributed by atoms with Crippen LogP contribution in [0.5, 0.6) is 23.5 Å². The van der Waals surface area contributed by atoms with Gasteiger partial charge in [-0.1, -0.05) is 56.2 Å². The molecule has 6 N–H and O–H groups in total. The molecule has 0 aliphatic heterocycles. The molecular weight excluding hydrogens is 1080 g/mol. The van der Waals surface area contributed by atoms with Crippen LogP contribution < -0.4 is 40.6 Å². The molecule has 82 heavy (non-hydrogen) atoms. The lowest BCUT2D eigenvalue weighted by molar-refractivity contribution is -0.113. The first-order valence-corrected chi connectivity index (χ1v) is 26.9. The fourth-order valence-corrected chi connectivity index (χ4v) is 9.76. The number of aromatic nitrogens is 3. The van der Waals surface area contributed by atoms with Gasteiger partial charge in [0.1, 0.15) is 5.69 Å². The summed E-state index contributed by atoms with van der Waals surface area (Å²) in [6, 6.07) is 4.95. The number of primary amides is 1. The molecule has 3 aliphatic carbocycles. The van der Waals surface area contributed by atoms with E-state index in [0.717, 1.165) is 45.8 Å². The molecule has 0 radical (unpaired) electrons. The van der Waals surface area contributed by atoms with E-state index >= 15 is 0 Å². The monoisotopic (exact) mass is 1150 g/mol. The molecule has 3 aliphatic rings. The zero-order chi connectivity index (χ0) is 61.0. The van der Waals surface area contributed by atoms with Crippen molar-refractivity contribution < 1.29 is 69.6 Å². The van der Waals surface area contributed by atoms with Crippen LogP contribution in [0.4, 0.5) is 43.4 Å². The molecule has 4 amide bonds. The molecule has 16 nitrogen and oxygen atoms in total. The minimum Gasteiger partial charge on any atom is -0.481 e. The molecule has 3 fully saturated rings. The van der Waals surface area contributed by atoms with Crippen LogP contribution in [-0.4, -0.2) is 96.5 Å². The van der Waals surface area contributed by atoms with Gasteiger partial charge in [0.05, 0.1) is 52.6 Å². The zero-order valence-corrected chi connectivity index (χ0v) is 47.6. The van der Waals surface area contributed by atoms with E-state index in [1.165, 1.54) is 40.7 Å². The van der Waals surface area contributed by atoms with Gasteiger partial charge in [0.15, 0.2) is 5.69 Å². The Labute approximate surface area is 475 Å². The highest BCUT2D eigenvalue weighted by Gasteiger charge is 2.38. The lowest BCUT2D eigenvalue weighted by Crippen LogP contribution is -2.28. The summed E-state index contributed by atoms with van der Waals surface area (Å²) in [5.41, 5.74) is 8.12. The average Bonchev–Trinajstić information content (AvgIpc) is 3.52. The van der Waals surface area contributed by atoms with Crippen molar-refractivity contribution in [3.8, 4) is 23.5 Å². The van der Waals surface area contributed by atoms with Crippen molar-refractivity contribution in [2.24, 2.45) is 41.2 Å². The highest BCUT2D eigenvalue weighted by molar-refractivity contribution is 6.05. The van der Waals surface area contributed by atoms with E-state index in [-0.39, 0.29) is 52.4 Å². The number of aliphatic hydroxyl groups excluding tert-OH is 1. The number of carbonyl (C=O) groups is 4. The maximum Gasteiger partial charge on any atom is 0.269 e. The number of methoxy groups -OCH3 is 4. The molecule has 22 heteroatoms. The highest BCUT2D eigenvalue weighted by atomic mass is 19.3. The molecule has 3 heterocycles. The number of hydrogen-bond donors (Lipinski definition) is 5. The minimum atomic E-state index is -2.65. The van der Waals surface area contributed by atoms with Gasteiger partial charge in [-0.15, -0.1) is 0 Å². The largest absolute Gasteiger partial charge is 0.481 e. The first-order valence-electron chi connectivity index (χ1n) is 26.9. The number of pyridine rings is 3. The summed E-state index contributed by atoms with van der Waals surface area (Å²) in [5, 5.41) is 16.7. The molecule has 3 aromatic heterocycles. The van der Waals surface area contributed by atoms with Crippen LogP contribution in [-0.2, 0) is 14.4 Å². The van der Waals surface area contributed by atoms with Crippen LogP contribution in [0.3, 0.4) is 0 Å². The van der Waals surface area contributed by atoms with E-state index in [1.54, 1.807) is 18.2 Å². The Balaban J connectivity index is 0.000000264. The number of alkyl halides is 6. The van der Waals surface area contributed by atoms with Crippen molar-refractivity contribution >= 4 is 58.9 Å². The van der Waals surface area contributed by atoms with Gasteiger partial charge in [0.2, 0.25) is 53.1 Å². The van der Waals surface area contributed by atoms with Crippen molar-refractivity contribution in [2.45, 2.75) is 116 Å². The summed E-state index contributed by atoms with van der Waals surface area (Å²) in [5.74, 6) is -9.98. The summed E-state index contributed by atoms with van der Waals surface area (Å²) >= 11 is 0. The summed E-state index contributed by atoms with van der Waals surface area (Å²) in [6.45, 7) is 12.8. The fourth-order valence-electron chi connectivity index (χ4n) is 9.76. The number of rotatable bonds is 21. The van der Waals surface area contributed by atoms with Gasteiger partial charge in [0.25, 0.3) is 11.8 Å². The van der Waals surface area contributed by atoms with Crippen LogP contribution in [0.2, 0.25) is 0 Å². The SMILES string of the molecule is C=C(CO)C(=O)Nc1cnc(OC)c(/C=C/C2CCC(C(C)(F)F)CC2)c1.C=CC(=O)Nc1cc(/C=C/C2CCC(C(C)(F)F)CC2)c(OC)nc1C(N)=O.C=CC(=O)Nc1cc(/C=C/C2CCC(C(C)(F)F)CC2)c(OC)nc1OC. The molecule has 0 aromatic carbocycles. The van der Waals surface area contributed by atoms with Crippen LogP contribution in [0.1, 0.15) is 125 Å². The van der Waals surface area contributed by atoms with Crippen molar-refractivity contribution in [3.63, 3.8) is 0 Å². The number of carbonyl (C=O) groups excluding carboxylic acids is 4. The highest BCUT2D eigenvalue weighted by Crippen LogP contribution is 2.42. The Morgan fingerprint density at radius 2 is 0.951 bits per heavy atom. The number of amides is 4. The van der Waals surface area contributed by atoms with E-state index in [1.807, 2.05) is 30.4 Å². The molecule has 0 saturated heterocycles. The maximum atomic E-state index is 13.4. The lowest BCUT2D eigenvalue weighted by Gasteiger charge is -2.30. The summed E-state index contributed by atoms with van der Waals surface area (Å²) in [4.78, 5) is 59.2. The van der Waals surface area contributed by atoms with Crippen molar-refractivity contribution in [3.05, 3.63) is 102 Å². The molecule has 3 saturated carbocycles. The molecule has 0 unspecified atom stereocenters. The Hall–Kier alpha value is -7.49. The van der Waals surface area contributed by atoms with E-state index in [2.05, 4.69) is 50.6 Å². The average molecular weight is 1150 g/mol. The Morgan fingerprint density at radius 1 is 0.585 bits per heavy atom. The Bertz CT molecular complexity index is 2780.